The highest BCUT2D eigenvalue weighted by molar-refractivity contribution is 5.74. The van der Waals surface area contributed by atoms with Gasteiger partial charge in [-0.1, -0.05) is 35.5 Å². The number of ether oxygens (including phenoxy) is 1. The van der Waals surface area contributed by atoms with Crippen molar-refractivity contribution < 1.29 is 18.4 Å². The maximum Gasteiger partial charge on any atom is 0.315 e. The molecule has 0 bridgehead atoms. The van der Waals surface area contributed by atoms with Crippen molar-refractivity contribution in [3.63, 3.8) is 0 Å². The summed E-state index contributed by atoms with van der Waals surface area (Å²) in [5, 5.41) is 9.68. The van der Waals surface area contributed by atoms with E-state index >= 15 is 0 Å². The maximum absolute atomic E-state index is 13.6. The van der Waals surface area contributed by atoms with Gasteiger partial charge in [-0.15, -0.1) is 0 Å². The third-order valence-electron chi connectivity index (χ3n) is 4.60. The van der Waals surface area contributed by atoms with Crippen LogP contribution in [0.3, 0.4) is 0 Å². The predicted octanol–water partition coefficient (Wildman–Crippen LogP) is 4.19. The number of carbonyl (C=O) groups excluding carboxylic acids is 1. The first kappa shape index (κ1) is 18.0. The number of urea groups is 1. The maximum atomic E-state index is 13.6. The highest BCUT2D eigenvalue weighted by Gasteiger charge is 2.22. The third kappa shape index (κ3) is 4.14. The van der Waals surface area contributed by atoms with E-state index in [1.54, 1.807) is 12.1 Å². The zero-order chi connectivity index (χ0) is 19.3. The van der Waals surface area contributed by atoms with Gasteiger partial charge in [0.1, 0.15) is 17.3 Å². The monoisotopic (exact) mass is 381 g/mol. The molecule has 28 heavy (non-hydrogen) atoms. The molecule has 2 N–H and O–H groups in total. The van der Waals surface area contributed by atoms with Crippen LogP contribution in [0.2, 0.25) is 0 Å². The van der Waals surface area contributed by atoms with Gasteiger partial charge >= 0.3 is 6.03 Å². The summed E-state index contributed by atoms with van der Waals surface area (Å²) in [6.45, 7) is 0.740. The van der Waals surface area contributed by atoms with E-state index in [2.05, 4.69) is 15.8 Å². The van der Waals surface area contributed by atoms with Crippen LogP contribution in [0.4, 0.5) is 9.18 Å². The van der Waals surface area contributed by atoms with Gasteiger partial charge in [0.2, 0.25) is 0 Å². The van der Waals surface area contributed by atoms with E-state index in [0.29, 0.717) is 35.8 Å². The van der Waals surface area contributed by atoms with Crippen LogP contribution in [0.15, 0.2) is 59.1 Å². The molecular weight excluding hydrogens is 361 g/mol. The Kier molecular flexibility index (Phi) is 5.23. The van der Waals surface area contributed by atoms with E-state index in [1.165, 1.54) is 12.1 Å². The number of benzene rings is 2. The number of amides is 2. The van der Waals surface area contributed by atoms with Crippen LogP contribution in [0.25, 0.3) is 11.3 Å². The van der Waals surface area contributed by atoms with Crippen LogP contribution in [0.5, 0.6) is 5.75 Å². The zero-order valence-corrected chi connectivity index (χ0v) is 15.2. The van der Waals surface area contributed by atoms with Crippen molar-refractivity contribution in [1.82, 2.24) is 15.8 Å². The Labute approximate surface area is 161 Å². The molecule has 1 aliphatic rings. The molecule has 0 saturated carbocycles. The average molecular weight is 381 g/mol. The fraction of sp³-hybridized carbons (Fsp3) is 0.238. The number of nitrogens with one attached hydrogen (secondary N) is 2. The van der Waals surface area contributed by atoms with Crippen molar-refractivity contribution in [2.75, 3.05) is 6.61 Å². The molecule has 1 aromatic heterocycles. The van der Waals surface area contributed by atoms with Gasteiger partial charge in [0.15, 0.2) is 5.76 Å². The number of halogens is 1. The van der Waals surface area contributed by atoms with Gasteiger partial charge in [0, 0.05) is 17.2 Å². The quantitative estimate of drug-likeness (QED) is 0.710. The summed E-state index contributed by atoms with van der Waals surface area (Å²) < 4.78 is 24.6. The van der Waals surface area contributed by atoms with Crippen LogP contribution in [-0.2, 0) is 6.54 Å². The molecule has 144 valence electrons. The van der Waals surface area contributed by atoms with Crippen molar-refractivity contribution in [2.45, 2.75) is 25.4 Å². The van der Waals surface area contributed by atoms with Crippen molar-refractivity contribution in [1.29, 1.82) is 0 Å². The molecule has 2 aromatic carbocycles. The Bertz CT molecular complexity index is 959. The molecule has 0 saturated heterocycles. The molecule has 7 heteroatoms. The Hall–Kier alpha value is -3.35. The van der Waals surface area contributed by atoms with Gasteiger partial charge in [-0.3, -0.25) is 0 Å². The van der Waals surface area contributed by atoms with Crippen LogP contribution >= 0.6 is 0 Å². The van der Waals surface area contributed by atoms with Gasteiger partial charge in [-0.2, -0.15) is 0 Å². The third-order valence-corrected chi connectivity index (χ3v) is 4.60. The predicted molar refractivity (Wildman–Crippen MR) is 101 cm³/mol. The number of carbonyl (C=O) groups is 1. The molecular formula is C21H20FN3O3. The number of hydrogen-bond donors (Lipinski definition) is 2. The van der Waals surface area contributed by atoms with Gasteiger partial charge in [-0.05, 0) is 31.0 Å². The summed E-state index contributed by atoms with van der Waals surface area (Å²) in [5.41, 5.74) is 2.31. The fourth-order valence-electron chi connectivity index (χ4n) is 3.22. The van der Waals surface area contributed by atoms with Crippen molar-refractivity contribution >= 4 is 6.03 Å². The first-order chi connectivity index (χ1) is 13.7. The standard InChI is InChI=1S/C21H20FN3O3/c22-15-8-9-20-17(11-15)18(7-4-10-27-20)24-21(26)23-13-16-12-19(25-28-16)14-5-2-1-3-6-14/h1-3,5-6,8-9,11-12,18H,4,7,10,13H2,(H2,23,24,26)/t18-/m0/s1. The topological polar surface area (TPSA) is 76.4 Å². The Morgan fingerprint density at radius 2 is 2.04 bits per heavy atom. The summed E-state index contributed by atoms with van der Waals surface area (Å²) in [5.74, 6) is 0.795. The number of nitrogens with zero attached hydrogens (tertiary/aromatic N) is 1. The van der Waals surface area contributed by atoms with Crippen LogP contribution in [-0.4, -0.2) is 17.8 Å². The molecule has 0 fully saturated rings. The lowest BCUT2D eigenvalue weighted by molar-refractivity contribution is 0.234. The van der Waals surface area contributed by atoms with E-state index < -0.39 is 0 Å². The van der Waals surface area contributed by atoms with E-state index in [0.717, 1.165) is 12.0 Å². The van der Waals surface area contributed by atoms with E-state index in [1.807, 2.05) is 30.3 Å². The number of aromatic nitrogens is 1. The van der Waals surface area contributed by atoms with E-state index in [9.17, 15) is 9.18 Å². The molecule has 6 nitrogen and oxygen atoms in total. The fourth-order valence-corrected chi connectivity index (χ4v) is 3.22. The SMILES string of the molecule is O=C(NCc1cc(-c2ccccc2)no1)N[C@H]1CCCOc2ccc(F)cc21. The summed E-state index contributed by atoms with van der Waals surface area (Å²) in [6, 6.07) is 15.1. The number of rotatable bonds is 4. The molecule has 0 spiro atoms. The molecule has 1 aliphatic heterocycles. The Morgan fingerprint density at radius 1 is 1.18 bits per heavy atom. The molecule has 1 atom stereocenters. The first-order valence-electron chi connectivity index (χ1n) is 9.16. The molecule has 2 amide bonds. The van der Waals surface area contributed by atoms with Crippen LogP contribution < -0.4 is 15.4 Å². The highest BCUT2D eigenvalue weighted by atomic mass is 19.1. The normalized spacial score (nSPS) is 15.8. The highest BCUT2D eigenvalue weighted by Crippen LogP contribution is 2.32. The van der Waals surface area contributed by atoms with Crippen molar-refractivity contribution in [2.24, 2.45) is 0 Å². The molecule has 4 rings (SSSR count). The Balaban J connectivity index is 1.38. The molecule has 0 unspecified atom stereocenters. The van der Waals surface area contributed by atoms with Gasteiger partial charge in [0.05, 0.1) is 19.2 Å². The molecule has 3 aromatic rings. The largest absolute Gasteiger partial charge is 0.493 e. The van der Waals surface area contributed by atoms with Gasteiger partial charge < -0.3 is 19.9 Å². The van der Waals surface area contributed by atoms with E-state index in [-0.39, 0.29) is 24.4 Å². The summed E-state index contributed by atoms with van der Waals surface area (Å²) >= 11 is 0. The summed E-state index contributed by atoms with van der Waals surface area (Å²) in [4.78, 5) is 12.3. The first-order valence-corrected chi connectivity index (χ1v) is 9.16. The van der Waals surface area contributed by atoms with Gasteiger partial charge in [0.25, 0.3) is 0 Å². The van der Waals surface area contributed by atoms with Crippen LogP contribution in [0, 0.1) is 5.82 Å². The Morgan fingerprint density at radius 3 is 2.89 bits per heavy atom. The van der Waals surface area contributed by atoms with Crippen LogP contribution in [0.1, 0.15) is 30.2 Å². The summed E-state index contributed by atoms with van der Waals surface area (Å²) in [6.07, 6.45) is 1.44. The minimum Gasteiger partial charge on any atom is -0.493 e. The lowest BCUT2D eigenvalue weighted by atomic mass is 10.0. The second-order valence-electron chi connectivity index (χ2n) is 6.60. The average Bonchev–Trinajstić information content (AvgIpc) is 3.11. The molecule has 0 aliphatic carbocycles. The lowest BCUT2D eigenvalue weighted by Gasteiger charge is -2.18. The smallest absolute Gasteiger partial charge is 0.315 e. The second-order valence-corrected chi connectivity index (χ2v) is 6.60. The minimum absolute atomic E-state index is 0.199. The minimum atomic E-state index is -0.361. The lowest BCUT2D eigenvalue weighted by Crippen LogP contribution is -2.37. The number of hydrogen-bond acceptors (Lipinski definition) is 4. The van der Waals surface area contributed by atoms with Gasteiger partial charge in [-0.25, -0.2) is 9.18 Å². The molecule has 0 radical (unpaired) electrons. The van der Waals surface area contributed by atoms with Crippen molar-refractivity contribution in [3.8, 4) is 17.0 Å². The summed E-state index contributed by atoms with van der Waals surface area (Å²) in [7, 11) is 0. The second kappa shape index (κ2) is 8.12. The molecule has 2 heterocycles. The number of fused-ring (bicyclic) bond motifs is 1. The van der Waals surface area contributed by atoms with E-state index in [4.69, 9.17) is 9.26 Å². The zero-order valence-electron chi connectivity index (χ0n) is 15.2. The van der Waals surface area contributed by atoms with Crippen molar-refractivity contribution in [3.05, 3.63) is 71.7 Å².